The number of halogens is 3. The van der Waals surface area contributed by atoms with Crippen molar-refractivity contribution < 1.29 is 17.9 Å². The molecule has 0 aliphatic carbocycles. The van der Waals surface area contributed by atoms with Crippen LogP contribution in [0.4, 0.5) is 13.2 Å². The van der Waals surface area contributed by atoms with Crippen molar-refractivity contribution in [3.05, 3.63) is 29.8 Å². The molecule has 0 aromatic heterocycles. The van der Waals surface area contributed by atoms with Crippen molar-refractivity contribution in [3.8, 4) is 5.75 Å². The molecule has 0 saturated carbocycles. The van der Waals surface area contributed by atoms with Crippen LogP contribution < -0.4 is 10.1 Å². The zero-order chi connectivity index (χ0) is 12.3. The highest BCUT2D eigenvalue weighted by Crippen LogP contribution is 2.30. The monoisotopic (exact) mass is 245 g/mol. The van der Waals surface area contributed by atoms with Crippen LogP contribution >= 0.6 is 0 Å². The first-order valence-electron chi connectivity index (χ1n) is 5.60. The largest absolute Gasteiger partial charge is 0.489 e. The summed E-state index contributed by atoms with van der Waals surface area (Å²) in [5.74, 6) is 0.492. The molecule has 94 valence electrons. The minimum absolute atomic E-state index is 0.0560. The third-order valence-corrected chi connectivity index (χ3v) is 2.74. The van der Waals surface area contributed by atoms with Crippen molar-refractivity contribution >= 4 is 0 Å². The predicted octanol–water partition coefficient (Wildman–Crippen LogP) is 2.84. The van der Waals surface area contributed by atoms with Gasteiger partial charge < -0.3 is 10.1 Å². The topological polar surface area (TPSA) is 21.3 Å². The molecule has 0 radical (unpaired) electrons. The summed E-state index contributed by atoms with van der Waals surface area (Å²) in [5.41, 5.74) is -0.647. The van der Waals surface area contributed by atoms with E-state index in [1.807, 2.05) is 0 Å². The second-order valence-electron chi connectivity index (χ2n) is 4.11. The van der Waals surface area contributed by atoms with Crippen LogP contribution in [0.15, 0.2) is 24.3 Å². The van der Waals surface area contributed by atoms with Crippen LogP contribution in [0.2, 0.25) is 0 Å². The Kier molecular flexibility index (Phi) is 3.57. The maximum Gasteiger partial charge on any atom is 0.416 e. The van der Waals surface area contributed by atoms with E-state index in [0.717, 1.165) is 38.1 Å². The second-order valence-corrected chi connectivity index (χ2v) is 4.11. The molecule has 1 aromatic carbocycles. The molecule has 1 unspecified atom stereocenters. The molecule has 1 aromatic rings. The standard InChI is InChI=1S/C12H14F3NO/c13-12(14,15)9-3-5-10(6-4-9)17-11-2-1-7-16-8-11/h3-6,11,16H,1-2,7-8H2. The summed E-state index contributed by atoms with van der Waals surface area (Å²) in [6.07, 6.45) is -2.26. The van der Waals surface area contributed by atoms with E-state index < -0.39 is 11.7 Å². The van der Waals surface area contributed by atoms with Gasteiger partial charge >= 0.3 is 6.18 Å². The molecule has 17 heavy (non-hydrogen) atoms. The Morgan fingerprint density at radius 2 is 1.88 bits per heavy atom. The lowest BCUT2D eigenvalue weighted by Crippen LogP contribution is -2.37. The van der Waals surface area contributed by atoms with E-state index in [1.165, 1.54) is 12.1 Å². The zero-order valence-corrected chi connectivity index (χ0v) is 9.26. The van der Waals surface area contributed by atoms with Gasteiger partial charge in [-0.05, 0) is 43.7 Å². The molecule has 0 spiro atoms. The molecule has 2 nitrogen and oxygen atoms in total. The number of nitrogens with one attached hydrogen (secondary N) is 1. The van der Waals surface area contributed by atoms with Crippen molar-refractivity contribution in [3.63, 3.8) is 0 Å². The molecule has 1 atom stereocenters. The van der Waals surface area contributed by atoms with E-state index >= 15 is 0 Å². The summed E-state index contributed by atoms with van der Waals surface area (Å²) in [5, 5.41) is 3.19. The Balaban J connectivity index is 1.98. The fraction of sp³-hybridized carbons (Fsp3) is 0.500. The van der Waals surface area contributed by atoms with Gasteiger partial charge in [0.15, 0.2) is 0 Å². The first-order valence-corrected chi connectivity index (χ1v) is 5.60. The molecule has 1 aliphatic rings. The highest BCUT2D eigenvalue weighted by atomic mass is 19.4. The highest BCUT2D eigenvalue weighted by Gasteiger charge is 2.30. The molecule has 2 rings (SSSR count). The minimum atomic E-state index is -4.29. The Morgan fingerprint density at radius 3 is 2.41 bits per heavy atom. The quantitative estimate of drug-likeness (QED) is 0.865. The summed E-state index contributed by atoms with van der Waals surface area (Å²) < 4.78 is 42.6. The number of hydrogen-bond acceptors (Lipinski definition) is 2. The third-order valence-electron chi connectivity index (χ3n) is 2.74. The van der Waals surface area contributed by atoms with Gasteiger partial charge in [-0.25, -0.2) is 0 Å². The summed E-state index contributed by atoms with van der Waals surface area (Å²) in [6, 6.07) is 4.84. The summed E-state index contributed by atoms with van der Waals surface area (Å²) in [6.45, 7) is 1.73. The average Bonchev–Trinajstić information content (AvgIpc) is 2.30. The number of hydrogen-bond donors (Lipinski definition) is 1. The first-order chi connectivity index (χ1) is 8.05. The fourth-order valence-corrected chi connectivity index (χ4v) is 1.84. The molecule has 1 saturated heterocycles. The van der Waals surface area contributed by atoms with Crippen LogP contribution in [0.5, 0.6) is 5.75 Å². The number of alkyl halides is 3. The maximum absolute atomic E-state index is 12.3. The van der Waals surface area contributed by atoms with Gasteiger partial charge in [-0.2, -0.15) is 13.2 Å². The number of piperidine rings is 1. The van der Waals surface area contributed by atoms with Crippen LogP contribution in [0.1, 0.15) is 18.4 Å². The van der Waals surface area contributed by atoms with E-state index in [9.17, 15) is 13.2 Å². The van der Waals surface area contributed by atoms with E-state index in [0.29, 0.717) is 5.75 Å². The number of rotatable bonds is 2. The average molecular weight is 245 g/mol. The molecular formula is C12H14F3NO. The molecule has 1 aliphatic heterocycles. The summed E-state index contributed by atoms with van der Waals surface area (Å²) in [7, 11) is 0. The SMILES string of the molecule is FC(F)(F)c1ccc(OC2CCCNC2)cc1. The van der Waals surface area contributed by atoms with Crippen LogP contribution in [0.25, 0.3) is 0 Å². The van der Waals surface area contributed by atoms with Gasteiger partial charge in [-0.3, -0.25) is 0 Å². The lowest BCUT2D eigenvalue weighted by Gasteiger charge is -2.24. The van der Waals surface area contributed by atoms with Gasteiger partial charge in [-0.1, -0.05) is 0 Å². The lowest BCUT2D eigenvalue weighted by atomic mass is 10.1. The van der Waals surface area contributed by atoms with E-state index in [2.05, 4.69) is 5.32 Å². The number of benzene rings is 1. The first kappa shape index (κ1) is 12.2. The van der Waals surface area contributed by atoms with Crippen molar-refractivity contribution in [2.45, 2.75) is 25.1 Å². The highest BCUT2D eigenvalue weighted by molar-refractivity contribution is 5.29. The Morgan fingerprint density at radius 1 is 1.18 bits per heavy atom. The zero-order valence-electron chi connectivity index (χ0n) is 9.26. The van der Waals surface area contributed by atoms with Crippen LogP contribution in [0, 0.1) is 0 Å². The Hall–Kier alpha value is -1.23. The molecule has 0 bridgehead atoms. The van der Waals surface area contributed by atoms with Gasteiger partial charge in [0.05, 0.1) is 5.56 Å². The molecule has 1 N–H and O–H groups in total. The van der Waals surface area contributed by atoms with Crippen molar-refractivity contribution in [1.82, 2.24) is 5.32 Å². The van der Waals surface area contributed by atoms with Crippen molar-refractivity contribution in [2.75, 3.05) is 13.1 Å². The van der Waals surface area contributed by atoms with Gasteiger partial charge in [-0.15, -0.1) is 0 Å². The fourth-order valence-electron chi connectivity index (χ4n) is 1.84. The molecule has 1 heterocycles. The number of ether oxygens (including phenoxy) is 1. The summed E-state index contributed by atoms with van der Waals surface area (Å²) in [4.78, 5) is 0. The normalized spacial score (nSPS) is 21.2. The van der Waals surface area contributed by atoms with Gasteiger partial charge in [0, 0.05) is 6.54 Å². The minimum Gasteiger partial charge on any atom is -0.489 e. The van der Waals surface area contributed by atoms with Crippen LogP contribution in [-0.2, 0) is 6.18 Å². The summed E-state index contributed by atoms with van der Waals surface area (Å²) >= 11 is 0. The smallest absolute Gasteiger partial charge is 0.416 e. The van der Waals surface area contributed by atoms with Crippen LogP contribution in [-0.4, -0.2) is 19.2 Å². The van der Waals surface area contributed by atoms with Crippen LogP contribution in [0.3, 0.4) is 0 Å². The second kappa shape index (κ2) is 4.96. The van der Waals surface area contributed by atoms with E-state index in [1.54, 1.807) is 0 Å². The van der Waals surface area contributed by atoms with E-state index in [-0.39, 0.29) is 6.10 Å². The van der Waals surface area contributed by atoms with Gasteiger partial charge in [0.1, 0.15) is 11.9 Å². The molecule has 5 heteroatoms. The Labute approximate surface area is 97.8 Å². The predicted molar refractivity (Wildman–Crippen MR) is 58.0 cm³/mol. The molecule has 0 amide bonds. The maximum atomic E-state index is 12.3. The third kappa shape index (κ3) is 3.36. The van der Waals surface area contributed by atoms with E-state index in [4.69, 9.17) is 4.74 Å². The van der Waals surface area contributed by atoms with Gasteiger partial charge in [0.2, 0.25) is 0 Å². The molecular weight excluding hydrogens is 231 g/mol. The van der Waals surface area contributed by atoms with Crippen molar-refractivity contribution in [2.24, 2.45) is 0 Å². The molecule has 1 fully saturated rings. The van der Waals surface area contributed by atoms with Gasteiger partial charge in [0.25, 0.3) is 0 Å². The lowest BCUT2D eigenvalue weighted by molar-refractivity contribution is -0.137. The van der Waals surface area contributed by atoms with Crippen molar-refractivity contribution in [1.29, 1.82) is 0 Å². The Bertz CT molecular complexity index is 355.